The molecule has 0 aromatic heterocycles. The Kier molecular flexibility index (Phi) is 2.79. The van der Waals surface area contributed by atoms with Gasteiger partial charge in [0.2, 0.25) is 0 Å². The maximum atomic E-state index is 2.46. The minimum absolute atomic E-state index is 0.0157. The number of rotatable bonds is 0. The van der Waals surface area contributed by atoms with E-state index in [0.29, 0.717) is 0 Å². The smallest absolute Gasteiger partial charge is 0.0651 e. The molecule has 0 saturated carbocycles. The van der Waals surface area contributed by atoms with Gasteiger partial charge in [0.15, 0.2) is 0 Å². The first kappa shape index (κ1) is 14.6. The Morgan fingerprint density at radius 2 is 1.38 bits per heavy atom. The van der Waals surface area contributed by atoms with Crippen molar-refractivity contribution >= 4 is 11.1 Å². The molecule has 1 unspecified atom stereocenters. The Bertz CT molecular complexity index is 1080. The quantitative estimate of drug-likeness (QED) is 0.515. The van der Waals surface area contributed by atoms with Gasteiger partial charge >= 0.3 is 0 Å². The maximum absolute atomic E-state index is 2.46. The van der Waals surface area contributed by atoms with Crippen LogP contribution in [-0.4, -0.2) is 0 Å². The summed E-state index contributed by atoms with van der Waals surface area (Å²) in [6.45, 7) is 2.23. The highest BCUT2D eigenvalue weighted by Crippen LogP contribution is 2.64. The fraction of sp³-hybridized carbons (Fsp3) is 0.231. The zero-order chi connectivity index (χ0) is 17.3. The largest absolute Gasteiger partial charge is 0.0836 e. The van der Waals surface area contributed by atoms with E-state index in [9.17, 15) is 0 Å². The van der Waals surface area contributed by atoms with Crippen LogP contribution in [0.5, 0.6) is 0 Å². The van der Waals surface area contributed by atoms with Crippen LogP contribution < -0.4 is 0 Å². The highest BCUT2D eigenvalue weighted by atomic mass is 14.5. The molecule has 2 aromatic carbocycles. The van der Waals surface area contributed by atoms with Crippen molar-refractivity contribution in [2.24, 2.45) is 0 Å². The summed E-state index contributed by atoms with van der Waals surface area (Å²) in [4.78, 5) is 0. The zero-order valence-electron chi connectivity index (χ0n) is 15.2. The molecule has 0 nitrogen and oxygen atoms in total. The van der Waals surface area contributed by atoms with Crippen molar-refractivity contribution in [1.29, 1.82) is 0 Å². The van der Waals surface area contributed by atoms with Crippen LogP contribution in [0.3, 0.4) is 0 Å². The predicted octanol–water partition coefficient (Wildman–Crippen LogP) is 6.52. The summed E-state index contributed by atoms with van der Waals surface area (Å²) in [6.07, 6.45) is 14.2. The first-order valence-corrected chi connectivity index (χ1v) is 9.83. The van der Waals surface area contributed by atoms with Crippen molar-refractivity contribution < 1.29 is 0 Å². The lowest BCUT2D eigenvalue weighted by Gasteiger charge is -2.36. The fourth-order valence-electron chi connectivity index (χ4n) is 5.84. The first-order chi connectivity index (χ1) is 12.8. The van der Waals surface area contributed by atoms with Crippen LogP contribution in [0, 0.1) is 6.92 Å². The molecular formula is C26H22. The Balaban J connectivity index is 1.80. The molecule has 0 saturated heterocycles. The molecule has 0 aliphatic heterocycles. The lowest BCUT2D eigenvalue weighted by atomic mass is 9.66. The van der Waals surface area contributed by atoms with E-state index in [-0.39, 0.29) is 5.41 Å². The second-order valence-electron chi connectivity index (χ2n) is 8.01. The van der Waals surface area contributed by atoms with E-state index < -0.39 is 0 Å². The molecule has 26 heavy (non-hydrogen) atoms. The summed E-state index contributed by atoms with van der Waals surface area (Å²) >= 11 is 0. The third kappa shape index (κ3) is 1.57. The van der Waals surface area contributed by atoms with Crippen LogP contribution in [0.1, 0.15) is 53.5 Å². The molecule has 0 N–H and O–H groups in total. The number of allylic oxidation sites excluding steroid dienone is 8. The van der Waals surface area contributed by atoms with Crippen LogP contribution in [-0.2, 0) is 5.41 Å². The van der Waals surface area contributed by atoms with E-state index in [2.05, 4.69) is 73.7 Å². The summed E-state index contributed by atoms with van der Waals surface area (Å²) < 4.78 is 0. The molecule has 0 heterocycles. The lowest BCUT2D eigenvalue weighted by Crippen LogP contribution is -2.29. The molecule has 0 amide bonds. The number of aryl methyl sites for hydroxylation is 1. The van der Waals surface area contributed by atoms with Crippen LogP contribution in [0.15, 0.2) is 77.9 Å². The second kappa shape index (κ2) is 4.98. The van der Waals surface area contributed by atoms with E-state index >= 15 is 0 Å². The molecule has 6 rings (SSSR count). The Morgan fingerprint density at radius 3 is 2.12 bits per heavy atom. The van der Waals surface area contributed by atoms with Crippen molar-refractivity contribution in [1.82, 2.24) is 0 Å². The van der Waals surface area contributed by atoms with Crippen LogP contribution in [0.4, 0.5) is 0 Å². The number of fused-ring (bicyclic) bond motifs is 8. The maximum Gasteiger partial charge on any atom is 0.0651 e. The average Bonchev–Trinajstić information content (AvgIpc) is 3.15. The van der Waals surface area contributed by atoms with Gasteiger partial charge in [0, 0.05) is 0 Å². The van der Waals surface area contributed by atoms with Gasteiger partial charge < -0.3 is 0 Å². The molecule has 0 fully saturated rings. The van der Waals surface area contributed by atoms with Gasteiger partial charge in [-0.05, 0) is 77.2 Å². The van der Waals surface area contributed by atoms with Crippen LogP contribution in [0.25, 0.3) is 11.1 Å². The first-order valence-electron chi connectivity index (χ1n) is 9.83. The summed E-state index contributed by atoms with van der Waals surface area (Å²) in [5.41, 5.74) is 13.6. The third-order valence-electron chi connectivity index (χ3n) is 6.74. The summed E-state index contributed by atoms with van der Waals surface area (Å²) in [5.74, 6) is 0. The monoisotopic (exact) mass is 334 g/mol. The normalized spacial score (nSPS) is 24.8. The van der Waals surface area contributed by atoms with Gasteiger partial charge in [0.05, 0.1) is 5.41 Å². The minimum atomic E-state index is -0.0157. The highest BCUT2D eigenvalue weighted by Gasteiger charge is 2.53. The van der Waals surface area contributed by atoms with Crippen molar-refractivity contribution in [3.63, 3.8) is 0 Å². The third-order valence-corrected chi connectivity index (χ3v) is 6.74. The molecule has 0 bridgehead atoms. The number of hydrogen-bond donors (Lipinski definition) is 0. The van der Waals surface area contributed by atoms with Crippen molar-refractivity contribution in [3.05, 3.63) is 106 Å². The van der Waals surface area contributed by atoms with Crippen molar-refractivity contribution in [2.45, 2.75) is 38.0 Å². The number of hydrogen-bond acceptors (Lipinski definition) is 0. The second-order valence-corrected chi connectivity index (χ2v) is 8.01. The molecule has 126 valence electrons. The molecule has 4 aliphatic rings. The molecule has 4 aliphatic carbocycles. The van der Waals surface area contributed by atoms with Gasteiger partial charge in [-0.3, -0.25) is 0 Å². The van der Waals surface area contributed by atoms with Crippen LogP contribution in [0.2, 0.25) is 0 Å². The van der Waals surface area contributed by atoms with E-state index in [1.54, 1.807) is 11.1 Å². The van der Waals surface area contributed by atoms with Crippen molar-refractivity contribution in [2.75, 3.05) is 0 Å². The standard InChI is InChI=1S/C26H22/c1-17-14-15-21-20-10-4-7-13-24(20)26(25(21)16-17)22-11-5-2-8-18(22)19-9-3-6-12-23(19)26/h2-5,8-11,14-16H,6-7,12-13H2,1H3. The van der Waals surface area contributed by atoms with E-state index in [1.165, 1.54) is 51.8 Å². The molecule has 1 spiro atoms. The van der Waals surface area contributed by atoms with Gasteiger partial charge in [-0.1, -0.05) is 72.3 Å². The zero-order valence-corrected chi connectivity index (χ0v) is 15.2. The summed E-state index contributed by atoms with van der Waals surface area (Å²) in [6, 6.07) is 16.3. The molecule has 2 aromatic rings. The summed E-state index contributed by atoms with van der Waals surface area (Å²) in [5, 5.41) is 0. The number of benzene rings is 2. The Morgan fingerprint density at radius 1 is 0.731 bits per heavy atom. The Hall–Kier alpha value is -2.60. The minimum Gasteiger partial charge on any atom is -0.0836 e. The topological polar surface area (TPSA) is 0 Å². The predicted molar refractivity (Wildman–Crippen MR) is 109 cm³/mol. The molecule has 0 radical (unpaired) electrons. The van der Waals surface area contributed by atoms with Gasteiger partial charge in [-0.15, -0.1) is 0 Å². The molecule has 1 atom stereocenters. The SMILES string of the molecule is Cc1ccc2c(c1)C1(C3=C(C=CCC3)c3ccccc31)C1=C2C=CCC1. The fourth-order valence-corrected chi connectivity index (χ4v) is 5.84. The van der Waals surface area contributed by atoms with Crippen LogP contribution >= 0.6 is 0 Å². The van der Waals surface area contributed by atoms with Crippen molar-refractivity contribution in [3.8, 4) is 0 Å². The highest BCUT2D eigenvalue weighted by molar-refractivity contribution is 5.98. The summed E-state index contributed by atoms with van der Waals surface area (Å²) in [7, 11) is 0. The Labute approximate surface area is 155 Å². The average molecular weight is 334 g/mol. The molecule has 0 heteroatoms. The van der Waals surface area contributed by atoms with Gasteiger partial charge in [-0.25, -0.2) is 0 Å². The van der Waals surface area contributed by atoms with E-state index in [4.69, 9.17) is 0 Å². The van der Waals surface area contributed by atoms with Gasteiger partial charge in [0.1, 0.15) is 0 Å². The van der Waals surface area contributed by atoms with Gasteiger partial charge in [-0.2, -0.15) is 0 Å². The van der Waals surface area contributed by atoms with E-state index in [0.717, 1.165) is 12.8 Å². The van der Waals surface area contributed by atoms with E-state index in [1.807, 2.05) is 0 Å². The lowest BCUT2D eigenvalue weighted by molar-refractivity contribution is 0.661. The molecular weight excluding hydrogens is 312 g/mol. The van der Waals surface area contributed by atoms with Gasteiger partial charge in [0.25, 0.3) is 0 Å².